The predicted molar refractivity (Wildman–Crippen MR) is 90.5 cm³/mol. The summed E-state index contributed by atoms with van der Waals surface area (Å²) in [6, 6.07) is 0. The van der Waals surface area contributed by atoms with E-state index in [4.69, 9.17) is 4.74 Å². The average Bonchev–Trinajstić information content (AvgIpc) is 2.51. The number of carboxylic acids is 1. The van der Waals surface area contributed by atoms with Gasteiger partial charge in [-0.05, 0) is 19.3 Å². The number of carboxylic acid groups (broad SMARTS) is 1. The molecule has 10 heteroatoms. The fourth-order valence-corrected chi connectivity index (χ4v) is 3.19. The Labute approximate surface area is 207 Å². The first kappa shape index (κ1) is 32.5. The molecule has 0 N–H and O–H groups in total. The second-order valence-corrected chi connectivity index (χ2v) is 7.80. The normalized spacial score (nSPS) is 11.8. The number of esters is 1. The molecule has 0 aliphatic rings. The number of ether oxygens (including phenoxy) is 1. The van der Waals surface area contributed by atoms with Gasteiger partial charge in [0.15, 0.2) is 0 Å². The zero-order valence-corrected chi connectivity index (χ0v) is 21.9. The van der Waals surface area contributed by atoms with Crippen molar-refractivity contribution in [1.29, 1.82) is 0 Å². The second kappa shape index (κ2) is 20.1. The first-order valence-electron chi connectivity index (χ1n) is 9.10. The molecule has 7 nitrogen and oxygen atoms in total. The largest absolute Gasteiger partial charge is 1.00 e. The third-order valence-electron chi connectivity index (χ3n) is 3.96. The molecule has 0 saturated carbocycles. The number of rotatable bonds is 16. The molecule has 0 bridgehead atoms. The van der Waals surface area contributed by atoms with Crippen LogP contribution in [0.1, 0.15) is 84.0 Å². The zero-order valence-electron chi connectivity index (χ0n) is 17.0. The van der Waals surface area contributed by atoms with E-state index in [1.54, 1.807) is 0 Å². The maximum Gasteiger partial charge on any atom is 1.00 e. The summed E-state index contributed by atoms with van der Waals surface area (Å²) in [6.45, 7) is 2.22. The Bertz CT molecular complexity index is 484. The van der Waals surface area contributed by atoms with Gasteiger partial charge in [0.1, 0.15) is 15.4 Å². The minimum Gasteiger partial charge on any atom is -0.747 e. The minimum atomic E-state index is -4.94. The Morgan fingerprint density at radius 3 is 1.74 bits per heavy atom. The van der Waals surface area contributed by atoms with Crippen LogP contribution in [0.3, 0.4) is 0 Å². The monoisotopic (exact) mass is 424 g/mol. The summed E-state index contributed by atoms with van der Waals surface area (Å²) in [7, 11) is -4.94. The molecule has 0 radical (unpaired) electrons. The van der Waals surface area contributed by atoms with Crippen molar-refractivity contribution in [2.75, 3.05) is 6.61 Å². The van der Waals surface area contributed by atoms with Gasteiger partial charge in [-0.1, -0.05) is 64.7 Å². The standard InChI is InChI=1S/C17H32O7S.2Na/c1-2-3-4-5-6-7-8-9-10-11-14-24-17(20)15(25(21,22)23)12-13-16(18)19;;/h15H,2-14H2,1H3,(H,18,19)(H,21,22,23);;/q;2*+1/p-2. The van der Waals surface area contributed by atoms with Crippen LogP contribution in [0, 0.1) is 0 Å². The van der Waals surface area contributed by atoms with E-state index in [1.165, 1.54) is 38.5 Å². The van der Waals surface area contributed by atoms with Crippen molar-refractivity contribution >= 4 is 22.1 Å². The summed E-state index contributed by atoms with van der Waals surface area (Å²) >= 11 is 0. The molecule has 1 atom stereocenters. The van der Waals surface area contributed by atoms with Crippen molar-refractivity contribution in [2.45, 2.75) is 89.2 Å². The van der Waals surface area contributed by atoms with Crippen LogP contribution < -0.4 is 64.2 Å². The molecule has 0 aromatic rings. The molecular weight excluding hydrogens is 394 g/mol. The van der Waals surface area contributed by atoms with Gasteiger partial charge in [0.25, 0.3) is 0 Å². The molecule has 0 fully saturated rings. The van der Waals surface area contributed by atoms with Gasteiger partial charge in [-0.3, -0.25) is 4.79 Å². The number of carbonyl (C=O) groups is 2. The van der Waals surface area contributed by atoms with Crippen LogP contribution in [-0.4, -0.2) is 36.8 Å². The van der Waals surface area contributed by atoms with E-state index in [-0.39, 0.29) is 65.7 Å². The Morgan fingerprint density at radius 2 is 1.33 bits per heavy atom. The fourth-order valence-electron chi connectivity index (χ4n) is 2.48. The van der Waals surface area contributed by atoms with Gasteiger partial charge in [-0.2, -0.15) is 0 Å². The molecular formula is C17H30Na2O7S. The van der Waals surface area contributed by atoms with Crippen LogP contribution >= 0.6 is 0 Å². The Morgan fingerprint density at radius 1 is 0.889 bits per heavy atom. The van der Waals surface area contributed by atoms with Crippen LogP contribution in [0.25, 0.3) is 0 Å². The van der Waals surface area contributed by atoms with E-state index in [1.807, 2.05) is 0 Å². The smallest absolute Gasteiger partial charge is 0.747 e. The third kappa shape index (κ3) is 19.9. The van der Waals surface area contributed by atoms with Crippen LogP contribution in [0.2, 0.25) is 0 Å². The molecule has 0 heterocycles. The van der Waals surface area contributed by atoms with Gasteiger partial charge in [0.2, 0.25) is 0 Å². The van der Waals surface area contributed by atoms with E-state index in [0.717, 1.165) is 19.3 Å². The van der Waals surface area contributed by atoms with Crippen molar-refractivity contribution in [3.05, 3.63) is 0 Å². The predicted octanol–water partition coefficient (Wildman–Crippen LogP) is -4.10. The van der Waals surface area contributed by atoms with E-state index < -0.39 is 40.1 Å². The van der Waals surface area contributed by atoms with E-state index in [9.17, 15) is 27.7 Å². The number of hydrogen-bond donors (Lipinski definition) is 0. The SMILES string of the molecule is CCCCCCCCCCCCOC(=O)C(CCC(=O)[O-])S(=O)(=O)[O-].[Na+].[Na+]. The Hall–Kier alpha value is 0.850. The molecule has 0 aromatic carbocycles. The first-order valence-corrected chi connectivity index (χ1v) is 10.6. The summed E-state index contributed by atoms with van der Waals surface area (Å²) in [6.07, 6.45) is 9.77. The molecule has 0 aromatic heterocycles. The Kier molecular flexibility index (Phi) is 24.2. The molecule has 148 valence electrons. The van der Waals surface area contributed by atoms with Crippen LogP contribution in [0.4, 0.5) is 0 Å². The van der Waals surface area contributed by atoms with E-state index >= 15 is 0 Å². The van der Waals surface area contributed by atoms with Crippen molar-refractivity contribution in [3.63, 3.8) is 0 Å². The molecule has 27 heavy (non-hydrogen) atoms. The van der Waals surface area contributed by atoms with Crippen LogP contribution in [0.15, 0.2) is 0 Å². The van der Waals surface area contributed by atoms with Gasteiger partial charge < -0.3 is 19.2 Å². The van der Waals surface area contributed by atoms with Gasteiger partial charge in [0.05, 0.1) is 6.61 Å². The quantitative estimate of drug-likeness (QED) is 0.107. The van der Waals surface area contributed by atoms with Gasteiger partial charge in [-0.25, -0.2) is 8.42 Å². The average molecular weight is 424 g/mol. The van der Waals surface area contributed by atoms with Crippen molar-refractivity contribution < 1.29 is 91.5 Å². The van der Waals surface area contributed by atoms with Crippen molar-refractivity contribution in [1.82, 2.24) is 0 Å². The molecule has 0 spiro atoms. The summed E-state index contributed by atoms with van der Waals surface area (Å²) in [5.74, 6) is -2.69. The summed E-state index contributed by atoms with van der Waals surface area (Å²) in [4.78, 5) is 22.0. The maximum atomic E-state index is 11.6. The van der Waals surface area contributed by atoms with E-state index in [2.05, 4.69) is 6.92 Å². The number of aliphatic carboxylic acids is 1. The van der Waals surface area contributed by atoms with Crippen molar-refractivity contribution in [3.8, 4) is 0 Å². The molecule has 0 aliphatic heterocycles. The first-order chi connectivity index (χ1) is 11.8. The number of hydrogen-bond acceptors (Lipinski definition) is 7. The van der Waals surface area contributed by atoms with Crippen LogP contribution in [0.5, 0.6) is 0 Å². The van der Waals surface area contributed by atoms with Gasteiger partial charge >= 0.3 is 65.1 Å². The third-order valence-corrected chi connectivity index (χ3v) is 5.09. The summed E-state index contributed by atoms with van der Waals surface area (Å²) < 4.78 is 37.9. The molecule has 0 amide bonds. The van der Waals surface area contributed by atoms with E-state index in [0.29, 0.717) is 6.42 Å². The fraction of sp³-hybridized carbons (Fsp3) is 0.882. The molecule has 1 unspecified atom stereocenters. The van der Waals surface area contributed by atoms with Gasteiger partial charge in [0, 0.05) is 5.97 Å². The number of unbranched alkanes of at least 4 members (excludes halogenated alkanes) is 9. The topological polar surface area (TPSA) is 124 Å². The zero-order chi connectivity index (χ0) is 19.1. The van der Waals surface area contributed by atoms with Crippen LogP contribution in [-0.2, 0) is 24.4 Å². The molecule has 0 saturated heterocycles. The maximum absolute atomic E-state index is 11.6. The Balaban J connectivity index is -0.00000288. The molecule has 0 rings (SSSR count). The van der Waals surface area contributed by atoms with Crippen molar-refractivity contribution in [2.24, 2.45) is 0 Å². The second-order valence-electron chi connectivity index (χ2n) is 6.24. The summed E-state index contributed by atoms with van der Waals surface area (Å²) in [5.41, 5.74) is 0. The number of carbonyl (C=O) groups excluding carboxylic acids is 2. The summed E-state index contributed by atoms with van der Waals surface area (Å²) in [5, 5.41) is 8.37. The minimum absolute atomic E-state index is 0. The molecule has 0 aliphatic carbocycles. The van der Waals surface area contributed by atoms with Gasteiger partial charge in [-0.15, -0.1) is 0 Å².